The third-order valence-electron chi connectivity index (χ3n) is 7.10. The zero-order valence-corrected chi connectivity index (χ0v) is 20.4. The molecule has 2 heterocycles. The van der Waals surface area contributed by atoms with E-state index in [1.54, 1.807) is 18.2 Å². The van der Waals surface area contributed by atoms with Crippen LogP contribution in [0.15, 0.2) is 36.4 Å². The lowest BCUT2D eigenvalue weighted by molar-refractivity contribution is -0.120. The lowest BCUT2D eigenvalue weighted by Gasteiger charge is -2.46. The average molecular weight is 467 g/mol. The van der Waals surface area contributed by atoms with E-state index >= 15 is 0 Å². The number of rotatable bonds is 7. The molecular weight excluding hydrogens is 431 g/mol. The standard InChI is InChI=1S/C27H35FN4O2/c1-26(2,3)32-14-12-27(13-15-32,17-24(29)33)31-25(34)22-11-10-21(19-6-7-19)23(30-22)16-18-4-8-20(28)9-5-18/h4-5,8-11,19H,6-7,12-17H2,1-3H3,(H2,29,33)(H,31,34). The molecule has 34 heavy (non-hydrogen) atoms. The van der Waals surface area contributed by atoms with Crippen molar-refractivity contribution in [2.24, 2.45) is 5.73 Å². The first-order valence-corrected chi connectivity index (χ1v) is 12.1. The molecule has 4 rings (SSSR count). The van der Waals surface area contributed by atoms with Crippen LogP contribution in [0, 0.1) is 5.82 Å². The molecular formula is C27H35FN4O2. The number of hydrogen-bond acceptors (Lipinski definition) is 4. The Bertz CT molecular complexity index is 1050. The van der Waals surface area contributed by atoms with Crippen molar-refractivity contribution in [3.05, 3.63) is 64.7 Å². The summed E-state index contributed by atoms with van der Waals surface area (Å²) >= 11 is 0. The molecule has 2 amide bonds. The lowest BCUT2D eigenvalue weighted by atomic mass is 9.82. The van der Waals surface area contributed by atoms with Crippen LogP contribution in [0.1, 0.15) is 86.1 Å². The number of halogens is 1. The van der Waals surface area contributed by atoms with Crippen LogP contribution in [-0.4, -0.2) is 45.9 Å². The summed E-state index contributed by atoms with van der Waals surface area (Å²) in [7, 11) is 0. The molecule has 0 atom stereocenters. The normalized spacial score (nSPS) is 18.5. The summed E-state index contributed by atoms with van der Waals surface area (Å²) in [5.74, 6) is -0.501. The second-order valence-corrected chi connectivity index (χ2v) is 10.8. The SMILES string of the molecule is CC(C)(C)N1CCC(CC(N)=O)(NC(=O)c2ccc(C3CC3)c(Cc3ccc(F)cc3)n2)CC1. The third-order valence-corrected chi connectivity index (χ3v) is 7.10. The van der Waals surface area contributed by atoms with E-state index in [0.29, 0.717) is 30.9 Å². The first-order valence-electron chi connectivity index (χ1n) is 12.1. The fraction of sp³-hybridized carbons (Fsp3) is 0.519. The number of carbonyl (C=O) groups excluding carboxylic acids is 2. The van der Waals surface area contributed by atoms with Gasteiger partial charge in [-0.3, -0.25) is 14.5 Å². The molecule has 0 bridgehead atoms. The number of likely N-dealkylation sites (tertiary alicyclic amines) is 1. The van der Waals surface area contributed by atoms with Crippen LogP contribution in [0.2, 0.25) is 0 Å². The highest BCUT2D eigenvalue weighted by atomic mass is 19.1. The monoisotopic (exact) mass is 466 g/mol. The minimum Gasteiger partial charge on any atom is -0.370 e. The van der Waals surface area contributed by atoms with Crippen LogP contribution in [0.25, 0.3) is 0 Å². The van der Waals surface area contributed by atoms with E-state index in [2.05, 4.69) is 31.0 Å². The van der Waals surface area contributed by atoms with Gasteiger partial charge in [0, 0.05) is 37.2 Å². The van der Waals surface area contributed by atoms with Crippen molar-refractivity contribution in [2.75, 3.05) is 13.1 Å². The average Bonchev–Trinajstić information content (AvgIpc) is 3.60. The first-order chi connectivity index (χ1) is 16.0. The zero-order valence-electron chi connectivity index (χ0n) is 20.4. The number of amides is 2. The van der Waals surface area contributed by atoms with E-state index in [-0.39, 0.29) is 23.7 Å². The van der Waals surface area contributed by atoms with Gasteiger partial charge >= 0.3 is 0 Å². The maximum Gasteiger partial charge on any atom is 0.270 e. The van der Waals surface area contributed by atoms with Crippen LogP contribution < -0.4 is 11.1 Å². The molecule has 3 N–H and O–H groups in total. The van der Waals surface area contributed by atoms with E-state index in [1.807, 2.05) is 6.07 Å². The van der Waals surface area contributed by atoms with Gasteiger partial charge in [-0.05, 0) is 81.7 Å². The van der Waals surface area contributed by atoms with Gasteiger partial charge in [-0.1, -0.05) is 18.2 Å². The van der Waals surface area contributed by atoms with E-state index < -0.39 is 11.4 Å². The Labute approximate surface area is 201 Å². The van der Waals surface area contributed by atoms with Gasteiger partial charge in [-0.2, -0.15) is 0 Å². The Morgan fingerprint density at radius 2 is 1.76 bits per heavy atom. The van der Waals surface area contributed by atoms with Gasteiger partial charge in [0.1, 0.15) is 11.5 Å². The molecule has 2 aliphatic rings. The lowest BCUT2D eigenvalue weighted by Crippen LogP contribution is -2.59. The Hall–Kier alpha value is -2.80. The molecule has 2 aromatic rings. The molecule has 7 heteroatoms. The van der Waals surface area contributed by atoms with Gasteiger partial charge < -0.3 is 11.1 Å². The molecule has 2 fully saturated rings. The molecule has 0 unspecified atom stereocenters. The zero-order chi connectivity index (χ0) is 24.5. The number of aromatic nitrogens is 1. The molecule has 6 nitrogen and oxygen atoms in total. The van der Waals surface area contributed by atoms with Gasteiger partial charge in [0.2, 0.25) is 5.91 Å². The van der Waals surface area contributed by atoms with Gasteiger partial charge in [0.15, 0.2) is 0 Å². The summed E-state index contributed by atoms with van der Waals surface area (Å²) in [5.41, 5.74) is 8.24. The maximum absolute atomic E-state index is 13.3. The second kappa shape index (κ2) is 9.45. The predicted molar refractivity (Wildman–Crippen MR) is 130 cm³/mol. The second-order valence-electron chi connectivity index (χ2n) is 10.8. The molecule has 0 spiro atoms. The number of nitrogens with one attached hydrogen (secondary N) is 1. The van der Waals surface area contributed by atoms with Gasteiger partial charge in [0.05, 0.1) is 5.54 Å². The van der Waals surface area contributed by atoms with Crippen LogP contribution >= 0.6 is 0 Å². The number of primary amides is 1. The summed E-state index contributed by atoms with van der Waals surface area (Å²) in [6, 6.07) is 10.2. The highest BCUT2D eigenvalue weighted by Gasteiger charge is 2.40. The van der Waals surface area contributed by atoms with Crippen LogP contribution in [0.3, 0.4) is 0 Å². The quantitative estimate of drug-likeness (QED) is 0.647. The number of hydrogen-bond donors (Lipinski definition) is 2. The number of nitrogens with two attached hydrogens (primary N) is 1. The fourth-order valence-electron chi connectivity index (χ4n) is 4.93. The molecule has 1 saturated heterocycles. The highest BCUT2D eigenvalue weighted by molar-refractivity contribution is 5.93. The molecule has 0 radical (unpaired) electrons. The van der Waals surface area contributed by atoms with Crippen LogP contribution in [-0.2, 0) is 11.2 Å². The topological polar surface area (TPSA) is 88.3 Å². The molecule has 1 saturated carbocycles. The van der Waals surface area contributed by atoms with E-state index in [1.165, 1.54) is 12.1 Å². The smallest absolute Gasteiger partial charge is 0.270 e. The summed E-state index contributed by atoms with van der Waals surface area (Å²) < 4.78 is 13.3. The number of pyridine rings is 1. The highest BCUT2D eigenvalue weighted by Crippen LogP contribution is 2.41. The largest absolute Gasteiger partial charge is 0.370 e. The van der Waals surface area contributed by atoms with E-state index in [4.69, 9.17) is 10.7 Å². The molecule has 1 aromatic heterocycles. The minimum absolute atomic E-state index is 0.0261. The van der Waals surface area contributed by atoms with E-state index in [9.17, 15) is 14.0 Å². The van der Waals surface area contributed by atoms with E-state index in [0.717, 1.165) is 42.8 Å². The minimum atomic E-state index is -0.668. The van der Waals surface area contributed by atoms with Crippen molar-refractivity contribution in [1.29, 1.82) is 0 Å². The van der Waals surface area contributed by atoms with Gasteiger partial charge in [-0.25, -0.2) is 9.37 Å². The number of nitrogens with zero attached hydrogens (tertiary/aromatic N) is 2. The predicted octanol–water partition coefficient (Wildman–Crippen LogP) is 3.93. The van der Waals surface area contributed by atoms with Crippen LogP contribution in [0.4, 0.5) is 4.39 Å². The molecule has 1 aliphatic carbocycles. The summed E-state index contributed by atoms with van der Waals surface area (Å²) in [5, 5.41) is 3.14. The Morgan fingerprint density at radius 1 is 1.12 bits per heavy atom. The Balaban J connectivity index is 1.55. The van der Waals surface area contributed by atoms with Crippen molar-refractivity contribution in [2.45, 2.75) is 76.3 Å². The van der Waals surface area contributed by atoms with Crippen LogP contribution in [0.5, 0.6) is 0 Å². The van der Waals surface area contributed by atoms with Crippen molar-refractivity contribution in [1.82, 2.24) is 15.2 Å². The van der Waals surface area contributed by atoms with Crippen molar-refractivity contribution < 1.29 is 14.0 Å². The van der Waals surface area contributed by atoms with Gasteiger partial charge in [0.25, 0.3) is 5.91 Å². The Morgan fingerprint density at radius 3 is 2.32 bits per heavy atom. The number of piperidine rings is 1. The van der Waals surface area contributed by atoms with Gasteiger partial charge in [-0.15, -0.1) is 0 Å². The maximum atomic E-state index is 13.3. The Kier molecular flexibility index (Phi) is 6.76. The summed E-state index contributed by atoms with van der Waals surface area (Å²) in [4.78, 5) is 32.3. The molecule has 1 aliphatic heterocycles. The number of benzene rings is 1. The van der Waals surface area contributed by atoms with Crippen molar-refractivity contribution in [3.63, 3.8) is 0 Å². The molecule has 1 aromatic carbocycles. The fourth-order valence-corrected chi connectivity index (χ4v) is 4.93. The summed E-state index contributed by atoms with van der Waals surface area (Å²) in [6.07, 6.45) is 4.20. The van der Waals surface area contributed by atoms with Crippen molar-refractivity contribution >= 4 is 11.8 Å². The summed E-state index contributed by atoms with van der Waals surface area (Å²) in [6.45, 7) is 8.06. The first kappa shape index (κ1) is 24.3. The van der Waals surface area contributed by atoms with Crippen molar-refractivity contribution in [3.8, 4) is 0 Å². The molecule has 182 valence electrons. The third kappa shape index (κ3) is 5.81. The number of carbonyl (C=O) groups is 2.